The molecule has 1 atom stereocenters. The normalized spacial score (nSPS) is 15.8. The SMILES string of the molecule is COc1ccc([C@@H](CC(=O)NCCN2CCOCC2)NS(=O)(=O)c2ccc(C)cc2)cc1. The molecule has 174 valence electrons. The molecule has 0 radical (unpaired) electrons. The second-order valence-electron chi connectivity index (χ2n) is 7.77. The Morgan fingerprint density at radius 2 is 1.75 bits per heavy atom. The Labute approximate surface area is 190 Å². The van der Waals surface area contributed by atoms with Gasteiger partial charge in [-0.05, 0) is 36.8 Å². The molecule has 0 saturated carbocycles. The van der Waals surface area contributed by atoms with Crippen molar-refractivity contribution in [2.24, 2.45) is 0 Å². The molecule has 2 aromatic carbocycles. The number of nitrogens with zero attached hydrogens (tertiary/aromatic N) is 1. The van der Waals surface area contributed by atoms with Gasteiger partial charge in [0.2, 0.25) is 15.9 Å². The summed E-state index contributed by atoms with van der Waals surface area (Å²) in [6, 6.07) is 12.9. The Hall–Kier alpha value is -2.46. The van der Waals surface area contributed by atoms with Gasteiger partial charge in [0.25, 0.3) is 0 Å². The van der Waals surface area contributed by atoms with Crippen LogP contribution in [0.5, 0.6) is 5.75 Å². The lowest BCUT2D eigenvalue weighted by Crippen LogP contribution is -2.42. The zero-order valence-corrected chi connectivity index (χ0v) is 19.4. The first-order valence-electron chi connectivity index (χ1n) is 10.7. The van der Waals surface area contributed by atoms with Crippen LogP contribution in [0.4, 0.5) is 0 Å². The van der Waals surface area contributed by atoms with E-state index in [9.17, 15) is 13.2 Å². The first kappa shape index (κ1) is 24.2. The Balaban J connectivity index is 1.68. The van der Waals surface area contributed by atoms with Gasteiger partial charge < -0.3 is 14.8 Å². The van der Waals surface area contributed by atoms with Crippen LogP contribution in [0, 0.1) is 6.92 Å². The summed E-state index contributed by atoms with van der Waals surface area (Å²) in [4.78, 5) is 15.0. The Morgan fingerprint density at radius 1 is 1.09 bits per heavy atom. The molecular weight excluding hydrogens is 430 g/mol. The van der Waals surface area contributed by atoms with E-state index < -0.39 is 16.1 Å². The second kappa shape index (κ2) is 11.4. The van der Waals surface area contributed by atoms with Gasteiger partial charge in [-0.1, -0.05) is 29.8 Å². The Kier molecular flexibility index (Phi) is 8.63. The lowest BCUT2D eigenvalue weighted by Gasteiger charge is -2.26. The van der Waals surface area contributed by atoms with Crippen LogP contribution in [0.3, 0.4) is 0 Å². The fourth-order valence-electron chi connectivity index (χ4n) is 3.47. The minimum Gasteiger partial charge on any atom is -0.497 e. The summed E-state index contributed by atoms with van der Waals surface area (Å²) >= 11 is 0. The van der Waals surface area contributed by atoms with Gasteiger partial charge in [-0.25, -0.2) is 13.1 Å². The Morgan fingerprint density at radius 3 is 2.38 bits per heavy atom. The summed E-state index contributed by atoms with van der Waals surface area (Å²) in [5.41, 5.74) is 1.65. The van der Waals surface area contributed by atoms with E-state index in [1.54, 1.807) is 55.6 Å². The number of hydrogen-bond acceptors (Lipinski definition) is 6. The summed E-state index contributed by atoms with van der Waals surface area (Å²) in [7, 11) is -2.24. The highest BCUT2D eigenvalue weighted by Gasteiger charge is 2.24. The van der Waals surface area contributed by atoms with Gasteiger partial charge in [-0.15, -0.1) is 0 Å². The summed E-state index contributed by atoms with van der Waals surface area (Å²) < 4.78 is 39.2. The molecule has 1 saturated heterocycles. The molecule has 0 spiro atoms. The van der Waals surface area contributed by atoms with Crippen LogP contribution >= 0.6 is 0 Å². The zero-order chi connectivity index (χ0) is 23.0. The second-order valence-corrected chi connectivity index (χ2v) is 9.48. The maximum atomic E-state index is 13.0. The molecule has 0 aliphatic carbocycles. The summed E-state index contributed by atoms with van der Waals surface area (Å²) in [5.74, 6) is 0.439. The highest BCUT2D eigenvalue weighted by atomic mass is 32.2. The van der Waals surface area contributed by atoms with E-state index in [0.29, 0.717) is 31.1 Å². The van der Waals surface area contributed by atoms with Crippen molar-refractivity contribution in [2.45, 2.75) is 24.3 Å². The third-order valence-corrected chi connectivity index (χ3v) is 6.88. The molecule has 0 unspecified atom stereocenters. The maximum absolute atomic E-state index is 13.0. The molecule has 3 rings (SSSR count). The smallest absolute Gasteiger partial charge is 0.241 e. The fraction of sp³-hybridized carbons (Fsp3) is 0.435. The van der Waals surface area contributed by atoms with Crippen LogP contribution in [-0.2, 0) is 19.6 Å². The van der Waals surface area contributed by atoms with Crippen molar-refractivity contribution in [1.82, 2.24) is 14.9 Å². The molecule has 2 N–H and O–H groups in total. The van der Waals surface area contributed by atoms with Crippen molar-refractivity contribution < 1.29 is 22.7 Å². The number of carbonyl (C=O) groups excluding carboxylic acids is 1. The van der Waals surface area contributed by atoms with Gasteiger partial charge in [-0.3, -0.25) is 9.69 Å². The Bertz CT molecular complexity index is 972. The largest absolute Gasteiger partial charge is 0.497 e. The molecular formula is C23H31N3O5S. The summed E-state index contributed by atoms with van der Waals surface area (Å²) in [6.45, 7) is 6.23. The van der Waals surface area contributed by atoms with Crippen LogP contribution in [0.2, 0.25) is 0 Å². The number of benzene rings is 2. The van der Waals surface area contributed by atoms with Crippen molar-refractivity contribution in [3.63, 3.8) is 0 Å². The highest BCUT2D eigenvalue weighted by molar-refractivity contribution is 7.89. The van der Waals surface area contributed by atoms with Crippen LogP contribution < -0.4 is 14.8 Å². The lowest BCUT2D eigenvalue weighted by molar-refractivity contribution is -0.121. The lowest BCUT2D eigenvalue weighted by atomic mass is 10.0. The third-order valence-electron chi connectivity index (χ3n) is 5.39. The van der Waals surface area contributed by atoms with Crippen molar-refractivity contribution in [3.8, 4) is 5.75 Å². The van der Waals surface area contributed by atoms with Crippen LogP contribution in [0.25, 0.3) is 0 Å². The molecule has 1 heterocycles. The predicted molar refractivity (Wildman–Crippen MR) is 122 cm³/mol. The van der Waals surface area contributed by atoms with Crippen molar-refractivity contribution in [2.75, 3.05) is 46.5 Å². The molecule has 32 heavy (non-hydrogen) atoms. The molecule has 0 aromatic heterocycles. The zero-order valence-electron chi connectivity index (χ0n) is 18.5. The van der Waals surface area contributed by atoms with Gasteiger partial charge in [0.1, 0.15) is 5.75 Å². The first-order chi connectivity index (χ1) is 15.4. The molecule has 1 aliphatic heterocycles. The first-order valence-corrected chi connectivity index (χ1v) is 12.2. The monoisotopic (exact) mass is 461 g/mol. The molecule has 1 amide bonds. The minimum atomic E-state index is -3.81. The molecule has 1 aliphatic rings. The third kappa shape index (κ3) is 7.03. The average molecular weight is 462 g/mol. The summed E-state index contributed by atoms with van der Waals surface area (Å²) in [6.07, 6.45) is -0.0134. The number of ether oxygens (including phenoxy) is 2. The molecule has 2 aromatic rings. The van der Waals surface area contributed by atoms with E-state index in [4.69, 9.17) is 9.47 Å². The van der Waals surface area contributed by atoms with Gasteiger partial charge in [0, 0.05) is 32.6 Å². The maximum Gasteiger partial charge on any atom is 0.241 e. The van der Waals surface area contributed by atoms with E-state index in [1.807, 2.05) is 6.92 Å². The van der Waals surface area contributed by atoms with E-state index in [2.05, 4.69) is 14.9 Å². The van der Waals surface area contributed by atoms with Gasteiger partial charge in [0.15, 0.2) is 0 Å². The van der Waals surface area contributed by atoms with Crippen molar-refractivity contribution >= 4 is 15.9 Å². The number of hydrogen-bond donors (Lipinski definition) is 2. The number of sulfonamides is 1. The molecule has 1 fully saturated rings. The van der Waals surface area contributed by atoms with Crippen LogP contribution in [-0.4, -0.2) is 65.7 Å². The predicted octanol–water partition coefficient (Wildman–Crippen LogP) is 1.86. The van der Waals surface area contributed by atoms with Crippen molar-refractivity contribution in [1.29, 1.82) is 0 Å². The summed E-state index contributed by atoms with van der Waals surface area (Å²) in [5, 5.41) is 2.90. The van der Waals surface area contributed by atoms with E-state index >= 15 is 0 Å². The van der Waals surface area contributed by atoms with Crippen LogP contribution in [0.15, 0.2) is 53.4 Å². The molecule has 8 nitrogen and oxygen atoms in total. The number of rotatable bonds is 10. The number of morpholine rings is 1. The van der Waals surface area contributed by atoms with Gasteiger partial charge >= 0.3 is 0 Å². The van der Waals surface area contributed by atoms with E-state index in [1.165, 1.54) is 0 Å². The molecule has 9 heteroatoms. The topological polar surface area (TPSA) is 97.0 Å². The number of aryl methyl sites for hydroxylation is 1. The minimum absolute atomic E-state index is 0.0134. The fourth-order valence-corrected chi connectivity index (χ4v) is 4.70. The standard InChI is InChI=1S/C23H31N3O5S/c1-18-3-9-21(10-4-18)32(28,29)25-22(19-5-7-20(30-2)8-6-19)17-23(27)24-11-12-26-13-15-31-16-14-26/h3-10,22,25H,11-17H2,1-2H3,(H,24,27)/t22-/m1/s1. The highest BCUT2D eigenvalue weighted by Crippen LogP contribution is 2.23. The number of methoxy groups -OCH3 is 1. The molecule has 0 bridgehead atoms. The number of amides is 1. The average Bonchev–Trinajstić information content (AvgIpc) is 2.79. The van der Waals surface area contributed by atoms with Crippen molar-refractivity contribution in [3.05, 3.63) is 59.7 Å². The van der Waals surface area contributed by atoms with Gasteiger partial charge in [-0.2, -0.15) is 0 Å². The van der Waals surface area contributed by atoms with E-state index in [-0.39, 0.29) is 17.2 Å². The van der Waals surface area contributed by atoms with Gasteiger partial charge in [0.05, 0.1) is 31.3 Å². The number of nitrogens with one attached hydrogen (secondary N) is 2. The van der Waals surface area contributed by atoms with Crippen LogP contribution in [0.1, 0.15) is 23.6 Å². The number of carbonyl (C=O) groups is 1. The quantitative estimate of drug-likeness (QED) is 0.561. The van der Waals surface area contributed by atoms with E-state index in [0.717, 1.165) is 25.2 Å².